The van der Waals surface area contributed by atoms with Crippen LogP contribution in [0.15, 0.2) is 48.5 Å². The lowest BCUT2D eigenvalue weighted by atomic mass is 10.1. The largest absolute Gasteiger partial charge is 0.345 e. The van der Waals surface area contributed by atoms with Crippen molar-refractivity contribution in [3.8, 4) is 0 Å². The van der Waals surface area contributed by atoms with Crippen LogP contribution in [-0.4, -0.2) is 23.6 Å². The first-order valence-corrected chi connectivity index (χ1v) is 8.00. The van der Waals surface area contributed by atoms with Gasteiger partial charge in [0.2, 0.25) is 11.8 Å². The number of carbonyl (C=O) groups is 3. The SMILES string of the molecule is CC(NC(=O)CCC(=O)c1ccc(F)cc1)C(=O)Nc1ccccc1F. The van der Waals surface area contributed by atoms with Crippen molar-refractivity contribution in [1.82, 2.24) is 5.32 Å². The second-order valence-corrected chi connectivity index (χ2v) is 5.69. The normalized spacial score (nSPS) is 11.5. The summed E-state index contributed by atoms with van der Waals surface area (Å²) < 4.78 is 26.3. The van der Waals surface area contributed by atoms with Gasteiger partial charge in [-0.25, -0.2) is 8.78 Å². The number of hydrogen-bond donors (Lipinski definition) is 2. The highest BCUT2D eigenvalue weighted by Gasteiger charge is 2.17. The first-order valence-electron chi connectivity index (χ1n) is 8.00. The summed E-state index contributed by atoms with van der Waals surface area (Å²) in [6, 6.07) is 9.81. The van der Waals surface area contributed by atoms with E-state index in [4.69, 9.17) is 0 Å². The van der Waals surface area contributed by atoms with Gasteiger partial charge >= 0.3 is 0 Å². The van der Waals surface area contributed by atoms with Crippen molar-refractivity contribution in [3.63, 3.8) is 0 Å². The molecule has 0 bridgehead atoms. The van der Waals surface area contributed by atoms with Crippen molar-refractivity contribution in [1.29, 1.82) is 0 Å². The summed E-state index contributed by atoms with van der Waals surface area (Å²) in [6.45, 7) is 1.45. The van der Waals surface area contributed by atoms with Gasteiger partial charge in [0.25, 0.3) is 0 Å². The van der Waals surface area contributed by atoms with Crippen molar-refractivity contribution in [3.05, 3.63) is 65.7 Å². The van der Waals surface area contributed by atoms with Crippen LogP contribution in [0.4, 0.5) is 14.5 Å². The molecule has 0 aromatic heterocycles. The van der Waals surface area contributed by atoms with E-state index in [2.05, 4.69) is 10.6 Å². The Kier molecular flexibility index (Phi) is 6.54. The van der Waals surface area contributed by atoms with Crippen LogP contribution in [0.25, 0.3) is 0 Å². The van der Waals surface area contributed by atoms with Crippen LogP contribution in [-0.2, 0) is 9.59 Å². The van der Waals surface area contributed by atoms with E-state index in [1.54, 1.807) is 6.07 Å². The molecule has 0 aliphatic carbocycles. The van der Waals surface area contributed by atoms with E-state index in [9.17, 15) is 23.2 Å². The minimum Gasteiger partial charge on any atom is -0.345 e. The molecule has 136 valence electrons. The van der Waals surface area contributed by atoms with E-state index < -0.39 is 29.5 Å². The van der Waals surface area contributed by atoms with Gasteiger partial charge in [-0.15, -0.1) is 0 Å². The summed E-state index contributed by atoms with van der Waals surface area (Å²) in [5.74, 6) is -2.40. The highest BCUT2D eigenvalue weighted by Crippen LogP contribution is 2.12. The van der Waals surface area contributed by atoms with Gasteiger partial charge in [-0.05, 0) is 43.3 Å². The van der Waals surface area contributed by atoms with Crippen molar-refractivity contribution in [2.24, 2.45) is 0 Å². The van der Waals surface area contributed by atoms with Crippen LogP contribution in [0.1, 0.15) is 30.1 Å². The molecular formula is C19H18F2N2O3. The van der Waals surface area contributed by atoms with Crippen LogP contribution in [0.3, 0.4) is 0 Å². The number of rotatable bonds is 7. The number of carbonyl (C=O) groups excluding carboxylic acids is 3. The minimum absolute atomic E-state index is 0.0186. The van der Waals surface area contributed by atoms with Crippen molar-refractivity contribution in [2.45, 2.75) is 25.8 Å². The number of benzene rings is 2. The smallest absolute Gasteiger partial charge is 0.246 e. The molecule has 7 heteroatoms. The van der Waals surface area contributed by atoms with Gasteiger partial charge in [-0.2, -0.15) is 0 Å². The van der Waals surface area contributed by atoms with Crippen LogP contribution in [0.5, 0.6) is 0 Å². The summed E-state index contributed by atoms with van der Waals surface area (Å²) in [6.07, 6.45) is -0.188. The fourth-order valence-corrected chi connectivity index (χ4v) is 2.19. The molecule has 2 aromatic carbocycles. The summed E-state index contributed by atoms with van der Waals surface area (Å²) in [7, 11) is 0. The Morgan fingerprint density at radius 1 is 0.962 bits per heavy atom. The molecule has 0 radical (unpaired) electrons. The fourth-order valence-electron chi connectivity index (χ4n) is 2.19. The molecule has 1 atom stereocenters. The molecule has 0 aliphatic heterocycles. The van der Waals surface area contributed by atoms with Crippen LogP contribution in [0, 0.1) is 11.6 Å². The number of Topliss-reactive ketones (excluding diaryl/α,β-unsaturated/α-hetero) is 1. The summed E-state index contributed by atoms with van der Waals surface area (Å²) >= 11 is 0. The molecule has 1 unspecified atom stereocenters. The molecule has 2 aromatic rings. The van der Waals surface area contributed by atoms with Gasteiger partial charge in [-0.3, -0.25) is 14.4 Å². The number of nitrogens with one attached hydrogen (secondary N) is 2. The van der Waals surface area contributed by atoms with E-state index in [1.165, 1.54) is 49.4 Å². The highest BCUT2D eigenvalue weighted by atomic mass is 19.1. The number of hydrogen-bond acceptors (Lipinski definition) is 3. The van der Waals surface area contributed by atoms with Crippen LogP contribution in [0.2, 0.25) is 0 Å². The number of anilines is 1. The maximum atomic E-state index is 13.5. The molecule has 2 amide bonds. The van der Waals surface area contributed by atoms with E-state index in [0.717, 1.165) is 0 Å². The number of halogens is 2. The maximum Gasteiger partial charge on any atom is 0.246 e. The second kappa shape index (κ2) is 8.84. The van der Waals surface area contributed by atoms with E-state index >= 15 is 0 Å². The molecule has 2 rings (SSSR count). The third-order valence-corrected chi connectivity index (χ3v) is 3.65. The standard InChI is InChI=1S/C19H18F2N2O3/c1-12(19(26)23-16-5-3-2-4-15(16)21)22-18(25)11-10-17(24)13-6-8-14(20)9-7-13/h2-9,12H,10-11H2,1H3,(H,22,25)(H,23,26). The third kappa shape index (κ3) is 5.47. The predicted molar refractivity (Wildman–Crippen MR) is 92.6 cm³/mol. The first kappa shape index (κ1) is 19.2. The Morgan fingerprint density at radius 3 is 2.27 bits per heavy atom. The number of para-hydroxylation sites is 1. The van der Waals surface area contributed by atoms with Gasteiger partial charge in [0.15, 0.2) is 5.78 Å². The van der Waals surface area contributed by atoms with Crippen LogP contribution < -0.4 is 10.6 Å². The monoisotopic (exact) mass is 360 g/mol. The van der Waals surface area contributed by atoms with E-state index in [-0.39, 0.29) is 24.3 Å². The van der Waals surface area contributed by atoms with Crippen molar-refractivity contribution in [2.75, 3.05) is 5.32 Å². The lowest BCUT2D eigenvalue weighted by molar-refractivity contribution is -0.126. The number of amides is 2. The Balaban J connectivity index is 1.81. The molecule has 0 aliphatic rings. The Labute approximate surface area is 149 Å². The van der Waals surface area contributed by atoms with E-state index in [1.807, 2.05) is 0 Å². The quantitative estimate of drug-likeness (QED) is 0.745. The fraction of sp³-hybridized carbons (Fsp3) is 0.211. The van der Waals surface area contributed by atoms with Crippen molar-refractivity contribution >= 4 is 23.3 Å². The maximum absolute atomic E-state index is 13.5. The van der Waals surface area contributed by atoms with Gasteiger partial charge in [0.05, 0.1) is 5.69 Å². The third-order valence-electron chi connectivity index (χ3n) is 3.65. The molecular weight excluding hydrogens is 342 g/mol. The highest BCUT2D eigenvalue weighted by molar-refractivity contribution is 5.99. The number of ketones is 1. The Hall–Kier alpha value is -3.09. The van der Waals surface area contributed by atoms with Gasteiger partial charge in [0.1, 0.15) is 17.7 Å². The predicted octanol–water partition coefficient (Wildman–Crippen LogP) is 3.07. The first-order chi connectivity index (χ1) is 12.4. The lowest BCUT2D eigenvalue weighted by Gasteiger charge is -2.14. The second-order valence-electron chi connectivity index (χ2n) is 5.69. The zero-order chi connectivity index (χ0) is 19.1. The summed E-state index contributed by atoms with van der Waals surface area (Å²) in [5, 5.41) is 4.83. The molecule has 0 saturated carbocycles. The molecule has 0 heterocycles. The van der Waals surface area contributed by atoms with Gasteiger partial charge < -0.3 is 10.6 Å². The Bertz CT molecular complexity index is 807. The molecule has 0 saturated heterocycles. The molecule has 5 nitrogen and oxygen atoms in total. The van der Waals surface area contributed by atoms with Crippen molar-refractivity contribution < 1.29 is 23.2 Å². The topological polar surface area (TPSA) is 75.3 Å². The van der Waals surface area contributed by atoms with Gasteiger partial charge in [0, 0.05) is 18.4 Å². The average Bonchev–Trinajstić information content (AvgIpc) is 2.62. The van der Waals surface area contributed by atoms with E-state index in [0.29, 0.717) is 5.56 Å². The molecule has 0 spiro atoms. The molecule has 26 heavy (non-hydrogen) atoms. The average molecular weight is 360 g/mol. The zero-order valence-corrected chi connectivity index (χ0v) is 14.1. The lowest BCUT2D eigenvalue weighted by Crippen LogP contribution is -2.41. The molecule has 0 fully saturated rings. The zero-order valence-electron chi connectivity index (χ0n) is 14.1. The summed E-state index contributed by atoms with van der Waals surface area (Å²) in [5.41, 5.74) is 0.328. The van der Waals surface area contributed by atoms with Gasteiger partial charge in [-0.1, -0.05) is 12.1 Å². The molecule has 2 N–H and O–H groups in total. The summed E-state index contributed by atoms with van der Waals surface area (Å²) in [4.78, 5) is 35.8. The van der Waals surface area contributed by atoms with Crippen LogP contribution >= 0.6 is 0 Å². The minimum atomic E-state index is -0.900. The Morgan fingerprint density at radius 2 is 1.62 bits per heavy atom.